The Morgan fingerprint density at radius 3 is 2.87 bits per heavy atom. The molecule has 3 rings (SSSR count). The number of aryl methyl sites for hydroxylation is 1. The van der Waals surface area contributed by atoms with Crippen LogP contribution in [0.2, 0.25) is 0 Å². The summed E-state index contributed by atoms with van der Waals surface area (Å²) < 4.78 is 18.6. The summed E-state index contributed by atoms with van der Waals surface area (Å²) in [6.45, 7) is 3.98. The van der Waals surface area contributed by atoms with Gasteiger partial charge in [-0.15, -0.1) is 0 Å². The van der Waals surface area contributed by atoms with Crippen LogP contribution in [0.15, 0.2) is 36.5 Å². The van der Waals surface area contributed by atoms with E-state index in [2.05, 4.69) is 4.98 Å². The third-order valence-corrected chi connectivity index (χ3v) is 4.16. The molecule has 0 saturated carbocycles. The number of ether oxygens (including phenoxy) is 1. The van der Waals surface area contributed by atoms with Crippen LogP contribution in [0.4, 0.5) is 4.39 Å². The monoisotopic (exact) mass is 316 g/mol. The Morgan fingerprint density at radius 1 is 1.39 bits per heavy atom. The Morgan fingerprint density at radius 2 is 2.17 bits per heavy atom. The van der Waals surface area contributed by atoms with Gasteiger partial charge in [0.05, 0.1) is 6.61 Å². The first kappa shape index (κ1) is 15.6. The summed E-state index contributed by atoms with van der Waals surface area (Å²) in [4.78, 5) is 17.4. The van der Waals surface area contributed by atoms with E-state index in [1.54, 1.807) is 12.1 Å². The lowest BCUT2D eigenvalue weighted by Gasteiger charge is -2.32. The Hall–Kier alpha value is -2.30. The molecule has 1 amide bonds. The Labute approximate surface area is 135 Å². The normalized spacial score (nSPS) is 18.0. The van der Waals surface area contributed by atoms with E-state index in [4.69, 9.17) is 4.74 Å². The number of H-pyrrole nitrogens is 1. The molecule has 23 heavy (non-hydrogen) atoms. The largest absolute Gasteiger partial charge is 0.493 e. The van der Waals surface area contributed by atoms with Gasteiger partial charge < -0.3 is 14.6 Å². The number of nitrogens with zero attached hydrogens (tertiary/aromatic N) is 1. The lowest BCUT2D eigenvalue weighted by molar-refractivity contribution is 0.0628. The van der Waals surface area contributed by atoms with E-state index >= 15 is 0 Å². The second kappa shape index (κ2) is 6.86. The highest BCUT2D eigenvalue weighted by Crippen LogP contribution is 2.20. The highest BCUT2D eigenvalue weighted by Gasteiger charge is 2.25. The summed E-state index contributed by atoms with van der Waals surface area (Å²) in [6.07, 6.45) is 3.85. The molecule has 1 aliphatic rings. The summed E-state index contributed by atoms with van der Waals surface area (Å²) in [5, 5.41) is 0. The number of rotatable bonds is 4. The van der Waals surface area contributed by atoms with Gasteiger partial charge in [-0.1, -0.05) is 0 Å². The van der Waals surface area contributed by atoms with Gasteiger partial charge in [-0.3, -0.25) is 4.79 Å². The zero-order chi connectivity index (χ0) is 16.2. The number of aromatic amines is 1. The average molecular weight is 316 g/mol. The molecule has 1 aromatic carbocycles. The van der Waals surface area contributed by atoms with Gasteiger partial charge in [0.2, 0.25) is 0 Å². The maximum absolute atomic E-state index is 12.9. The SMILES string of the molecule is Cc1c[nH]c(C(=O)N2CCC[C@H](COc3ccc(F)cc3)C2)c1. The lowest BCUT2D eigenvalue weighted by atomic mass is 9.98. The minimum absolute atomic E-state index is 0.0459. The van der Waals surface area contributed by atoms with Crippen LogP contribution in [0.25, 0.3) is 0 Å². The number of carbonyl (C=O) groups excluding carboxylic acids is 1. The van der Waals surface area contributed by atoms with Crippen molar-refractivity contribution in [1.29, 1.82) is 0 Å². The smallest absolute Gasteiger partial charge is 0.270 e. The molecule has 0 radical (unpaired) electrons. The number of likely N-dealkylation sites (tertiary alicyclic amines) is 1. The van der Waals surface area contributed by atoms with E-state index in [0.29, 0.717) is 30.5 Å². The van der Waals surface area contributed by atoms with Crippen LogP contribution in [0, 0.1) is 18.7 Å². The minimum atomic E-state index is -0.270. The van der Waals surface area contributed by atoms with E-state index < -0.39 is 0 Å². The van der Waals surface area contributed by atoms with Crippen LogP contribution >= 0.6 is 0 Å². The van der Waals surface area contributed by atoms with E-state index in [1.807, 2.05) is 24.1 Å². The van der Waals surface area contributed by atoms with Gasteiger partial charge in [-0.25, -0.2) is 4.39 Å². The number of carbonyl (C=O) groups is 1. The topological polar surface area (TPSA) is 45.3 Å². The average Bonchev–Trinajstić information content (AvgIpc) is 3.00. The molecule has 0 aliphatic carbocycles. The van der Waals surface area contributed by atoms with Crippen LogP contribution in [0.3, 0.4) is 0 Å². The molecule has 2 aromatic rings. The van der Waals surface area contributed by atoms with Gasteiger partial charge in [0, 0.05) is 25.2 Å². The molecule has 5 heteroatoms. The number of hydrogen-bond donors (Lipinski definition) is 1. The maximum Gasteiger partial charge on any atom is 0.270 e. The van der Waals surface area contributed by atoms with Crippen molar-refractivity contribution in [2.24, 2.45) is 5.92 Å². The molecule has 1 aromatic heterocycles. The van der Waals surface area contributed by atoms with Gasteiger partial charge >= 0.3 is 0 Å². The van der Waals surface area contributed by atoms with Crippen molar-refractivity contribution < 1.29 is 13.9 Å². The lowest BCUT2D eigenvalue weighted by Crippen LogP contribution is -2.41. The standard InChI is InChI=1S/C18H21FN2O2/c1-13-9-17(20-10-13)18(22)21-8-2-3-14(11-21)12-23-16-6-4-15(19)5-7-16/h4-7,9-10,14,20H,2-3,8,11-12H2,1H3/t14-/m0/s1. The van der Waals surface area contributed by atoms with Crippen LogP contribution < -0.4 is 4.74 Å². The predicted molar refractivity (Wildman–Crippen MR) is 86.1 cm³/mol. The summed E-state index contributed by atoms with van der Waals surface area (Å²) in [5.41, 5.74) is 1.70. The molecule has 0 unspecified atom stereocenters. The Bertz CT molecular complexity index is 666. The third kappa shape index (κ3) is 3.92. The van der Waals surface area contributed by atoms with Crippen LogP contribution in [0.1, 0.15) is 28.9 Å². The summed E-state index contributed by atoms with van der Waals surface area (Å²) in [6, 6.07) is 7.91. The molecule has 1 N–H and O–H groups in total. The molecule has 122 valence electrons. The molecule has 1 fully saturated rings. The zero-order valence-corrected chi connectivity index (χ0v) is 13.2. The fourth-order valence-corrected chi connectivity index (χ4v) is 2.93. The van der Waals surface area contributed by atoms with Crippen molar-refractivity contribution in [3.05, 3.63) is 53.6 Å². The predicted octanol–water partition coefficient (Wildman–Crippen LogP) is 3.39. The van der Waals surface area contributed by atoms with Crippen LogP contribution in [-0.2, 0) is 0 Å². The Balaban J connectivity index is 1.55. The summed E-state index contributed by atoms with van der Waals surface area (Å²) in [5.74, 6) is 0.737. The van der Waals surface area contributed by atoms with E-state index in [-0.39, 0.29) is 11.7 Å². The first-order valence-electron chi connectivity index (χ1n) is 7.94. The van der Waals surface area contributed by atoms with Crippen molar-refractivity contribution in [3.8, 4) is 5.75 Å². The number of hydrogen-bond acceptors (Lipinski definition) is 2. The number of nitrogens with one attached hydrogen (secondary N) is 1. The summed E-state index contributed by atoms with van der Waals surface area (Å²) in [7, 11) is 0. The second-order valence-corrected chi connectivity index (χ2v) is 6.12. The van der Waals surface area contributed by atoms with Gasteiger partial charge in [-0.05, 0) is 55.7 Å². The molecule has 4 nitrogen and oxygen atoms in total. The fraction of sp³-hybridized carbons (Fsp3) is 0.389. The fourth-order valence-electron chi connectivity index (χ4n) is 2.93. The van der Waals surface area contributed by atoms with Gasteiger partial charge in [0.1, 0.15) is 17.3 Å². The van der Waals surface area contributed by atoms with Gasteiger partial charge in [0.15, 0.2) is 0 Å². The molecular formula is C18H21FN2O2. The molecule has 1 saturated heterocycles. The van der Waals surface area contributed by atoms with E-state index in [9.17, 15) is 9.18 Å². The number of aromatic nitrogens is 1. The molecule has 1 atom stereocenters. The zero-order valence-electron chi connectivity index (χ0n) is 13.2. The first-order valence-corrected chi connectivity index (χ1v) is 7.94. The number of halogens is 1. The second-order valence-electron chi connectivity index (χ2n) is 6.12. The van der Waals surface area contributed by atoms with Crippen molar-refractivity contribution in [1.82, 2.24) is 9.88 Å². The molecular weight excluding hydrogens is 295 g/mol. The summed E-state index contributed by atoms with van der Waals surface area (Å²) >= 11 is 0. The van der Waals surface area contributed by atoms with Gasteiger partial charge in [0.25, 0.3) is 5.91 Å². The number of amides is 1. The molecule has 2 heterocycles. The van der Waals surface area contributed by atoms with Gasteiger partial charge in [-0.2, -0.15) is 0 Å². The minimum Gasteiger partial charge on any atom is -0.493 e. The number of piperidine rings is 1. The van der Waals surface area contributed by atoms with E-state index in [1.165, 1.54) is 12.1 Å². The van der Waals surface area contributed by atoms with Crippen LogP contribution in [0.5, 0.6) is 5.75 Å². The highest BCUT2D eigenvalue weighted by molar-refractivity contribution is 5.92. The highest BCUT2D eigenvalue weighted by atomic mass is 19.1. The first-order chi connectivity index (χ1) is 11.1. The van der Waals surface area contributed by atoms with Crippen molar-refractivity contribution >= 4 is 5.91 Å². The van der Waals surface area contributed by atoms with Crippen LogP contribution in [-0.4, -0.2) is 35.5 Å². The van der Waals surface area contributed by atoms with Crippen molar-refractivity contribution in [2.75, 3.05) is 19.7 Å². The maximum atomic E-state index is 12.9. The molecule has 0 bridgehead atoms. The van der Waals surface area contributed by atoms with Crippen molar-refractivity contribution in [3.63, 3.8) is 0 Å². The Kier molecular flexibility index (Phi) is 4.65. The van der Waals surface area contributed by atoms with Crippen molar-refractivity contribution in [2.45, 2.75) is 19.8 Å². The molecule has 0 spiro atoms. The number of benzene rings is 1. The third-order valence-electron chi connectivity index (χ3n) is 4.16. The molecule has 1 aliphatic heterocycles. The van der Waals surface area contributed by atoms with E-state index in [0.717, 1.165) is 24.9 Å². The quantitative estimate of drug-likeness (QED) is 0.939.